The molecule has 0 radical (unpaired) electrons. The van der Waals surface area contributed by atoms with Crippen LogP contribution in [0.3, 0.4) is 0 Å². The molecule has 1 unspecified atom stereocenters. The molecule has 1 atom stereocenters. The minimum atomic E-state index is -1.10. The van der Waals surface area contributed by atoms with Crippen LogP contribution in [0.2, 0.25) is 0 Å². The Hall–Kier alpha value is -0.180. The fraction of sp³-hybridized carbons (Fsp3) is 0.900. The summed E-state index contributed by atoms with van der Waals surface area (Å²) < 4.78 is 15.5. The predicted octanol–water partition coefficient (Wildman–Crippen LogP) is 2.96. The van der Waals surface area contributed by atoms with Gasteiger partial charge in [0.25, 0.3) is 0 Å². The van der Waals surface area contributed by atoms with Gasteiger partial charge in [0.2, 0.25) is 0 Å². The van der Waals surface area contributed by atoms with E-state index in [2.05, 4.69) is 18.2 Å². The lowest BCUT2D eigenvalue weighted by molar-refractivity contribution is 0.649. The van der Waals surface area contributed by atoms with Crippen LogP contribution in [0.4, 0.5) is 0 Å². The van der Waals surface area contributed by atoms with Gasteiger partial charge in [-0.05, 0) is 40.0 Å². The summed E-state index contributed by atoms with van der Waals surface area (Å²) in [5.74, 6) is 0.584. The van der Waals surface area contributed by atoms with E-state index in [1.165, 1.54) is 0 Å². The first kappa shape index (κ1) is 12.8. The van der Waals surface area contributed by atoms with Crippen LogP contribution in [0.5, 0.6) is 0 Å². The molecule has 78 valence electrons. The molecule has 0 heterocycles. The zero-order chi connectivity index (χ0) is 10.6. The van der Waals surface area contributed by atoms with Gasteiger partial charge in [0.15, 0.2) is 0 Å². The lowest BCUT2D eigenvalue weighted by Gasteiger charge is -2.14. The van der Waals surface area contributed by atoms with E-state index in [1.54, 1.807) is 0 Å². The van der Waals surface area contributed by atoms with Gasteiger partial charge in [-0.3, -0.25) is 0 Å². The molecule has 0 aromatic rings. The molecule has 13 heavy (non-hydrogen) atoms. The van der Waals surface area contributed by atoms with Crippen molar-refractivity contribution in [3.8, 4) is 0 Å². The molecule has 0 bridgehead atoms. The van der Waals surface area contributed by atoms with Gasteiger partial charge in [0.1, 0.15) is 11.0 Å². The van der Waals surface area contributed by atoms with Crippen molar-refractivity contribution in [1.82, 2.24) is 0 Å². The summed E-state index contributed by atoms with van der Waals surface area (Å²) in [4.78, 5) is 0. The first-order valence-corrected chi connectivity index (χ1v) is 5.80. The molecule has 0 aromatic carbocycles. The van der Waals surface area contributed by atoms with Crippen molar-refractivity contribution in [2.45, 2.75) is 52.7 Å². The Morgan fingerprint density at radius 1 is 1.38 bits per heavy atom. The molecular formula is C10H21NOS. The first-order chi connectivity index (χ1) is 5.73. The van der Waals surface area contributed by atoms with Crippen molar-refractivity contribution in [1.29, 1.82) is 0 Å². The molecule has 2 nitrogen and oxygen atoms in total. The van der Waals surface area contributed by atoms with Gasteiger partial charge < -0.3 is 0 Å². The molecule has 0 amide bonds. The Bertz CT molecular complexity index is 213. The van der Waals surface area contributed by atoms with E-state index in [9.17, 15) is 4.21 Å². The summed E-state index contributed by atoms with van der Waals surface area (Å²) in [7, 11) is -1.10. The molecular weight excluding hydrogens is 182 g/mol. The van der Waals surface area contributed by atoms with Crippen molar-refractivity contribution in [2.24, 2.45) is 10.3 Å². The average molecular weight is 203 g/mol. The van der Waals surface area contributed by atoms with E-state index in [0.29, 0.717) is 5.92 Å². The van der Waals surface area contributed by atoms with E-state index in [0.717, 1.165) is 12.1 Å². The highest BCUT2D eigenvalue weighted by molar-refractivity contribution is 7.85. The minimum absolute atomic E-state index is 0.238. The maximum absolute atomic E-state index is 11.6. The highest BCUT2D eigenvalue weighted by Crippen LogP contribution is 2.13. The van der Waals surface area contributed by atoms with Crippen molar-refractivity contribution in [3.63, 3.8) is 0 Å². The summed E-state index contributed by atoms with van der Waals surface area (Å²) in [6.07, 6.45) is 0.932. The molecule has 0 saturated heterocycles. The normalized spacial score (nSPS) is 16.4. The van der Waals surface area contributed by atoms with Crippen molar-refractivity contribution >= 4 is 16.7 Å². The molecule has 0 aliphatic rings. The maximum Gasteiger partial charge on any atom is 0.144 e. The Morgan fingerprint density at radius 3 is 2.15 bits per heavy atom. The molecule has 0 N–H and O–H groups in total. The van der Waals surface area contributed by atoms with Crippen LogP contribution in [0.15, 0.2) is 4.40 Å². The molecule has 0 aliphatic heterocycles. The van der Waals surface area contributed by atoms with Crippen LogP contribution in [0.1, 0.15) is 48.0 Å². The summed E-state index contributed by atoms with van der Waals surface area (Å²) in [6, 6.07) is 0. The van der Waals surface area contributed by atoms with Crippen LogP contribution in [0, 0.1) is 5.92 Å². The zero-order valence-electron chi connectivity index (χ0n) is 9.55. The van der Waals surface area contributed by atoms with Crippen LogP contribution in [0.25, 0.3) is 0 Å². The number of nitrogens with zero attached hydrogens (tertiary/aromatic N) is 1. The van der Waals surface area contributed by atoms with E-state index in [4.69, 9.17) is 0 Å². The smallest absolute Gasteiger partial charge is 0.144 e. The van der Waals surface area contributed by atoms with Gasteiger partial charge in [-0.15, -0.1) is 0 Å². The Morgan fingerprint density at radius 2 is 1.85 bits per heavy atom. The SMILES string of the molecule is C/C(CC(C)C)=N\S(=O)C(C)(C)C. The average Bonchev–Trinajstić information content (AvgIpc) is 1.82. The number of hydrogen-bond donors (Lipinski definition) is 0. The standard InChI is InChI=1S/C10H21NOS/c1-8(2)7-9(3)11-13(12)10(4,5)6/h8H,7H2,1-6H3/b11-9+. The number of rotatable bonds is 3. The van der Waals surface area contributed by atoms with E-state index >= 15 is 0 Å². The third kappa shape index (κ3) is 5.97. The molecule has 0 fully saturated rings. The summed E-state index contributed by atoms with van der Waals surface area (Å²) >= 11 is 0. The van der Waals surface area contributed by atoms with Crippen LogP contribution < -0.4 is 0 Å². The quantitative estimate of drug-likeness (QED) is 0.648. The van der Waals surface area contributed by atoms with Crippen molar-refractivity contribution < 1.29 is 4.21 Å². The third-order valence-corrected chi connectivity index (χ3v) is 2.99. The third-order valence-electron chi connectivity index (χ3n) is 1.47. The van der Waals surface area contributed by atoms with Crippen LogP contribution in [-0.4, -0.2) is 14.7 Å². The minimum Gasteiger partial charge on any atom is -0.234 e. The van der Waals surface area contributed by atoms with Gasteiger partial charge in [-0.1, -0.05) is 13.8 Å². The molecule has 0 aliphatic carbocycles. The molecule has 3 heteroatoms. The van der Waals surface area contributed by atoms with Crippen molar-refractivity contribution in [3.05, 3.63) is 0 Å². The second kappa shape index (κ2) is 4.89. The molecule has 0 rings (SSSR count). The van der Waals surface area contributed by atoms with Gasteiger partial charge in [0.05, 0.1) is 4.75 Å². The lowest BCUT2D eigenvalue weighted by atomic mass is 10.1. The Labute approximate surface area is 84.4 Å². The Kier molecular flexibility index (Phi) is 4.82. The molecule has 0 aromatic heterocycles. The lowest BCUT2D eigenvalue weighted by Crippen LogP contribution is -2.20. The molecule has 0 spiro atoms. The fourth-order valence-electron chi connectivity index (χ4n) is 0.907. The first-order valence-electron chi connectivity index (χ1n) is 4.69. The zero-order valence-corrected chi connectivity index (χ0v) is 10.4. The number of hydrogen-bond acceptors (Lipinski definition) is 1. The van der Waals surface area contributed by atoms with Gasteiger partial charge in [-0.25, -0.2) is 4.21 Å². The fourth-order valence-corrected chi connectivity index (χ4v) is 1.54. The largest absolute Gasteiger partial charge is 0.234 e. The van der Waals surface area contributed by atoms with Crippen LogP contribution in [-0.2, 0) is 11.0 Å². The topological polar surface area (TPSA) is 29.4 Å². The summed E-state index contributed by atoms with van der Waals surface area (Å²) in [5.41, 5.74) is 0.989. The van der Waals surface area contributed by atoms with E-state index in [1.807, 2.05) is 27.7 Å². The Balaban J connectivity index is 4.32. The maximum atomic E-state index is 11.6. The highest BCUT2D eigenvalue weighted by Gasteiger charge is 2.18. The van der Waals surface area contributed by atoms with E-state index in [-0.39, 0.29) is 4.75 Å². The second-order valence-corrected chi connectivity index (χ2v) is 6.69. The van der Waals surface area contributed by atoms with Crippen LogP contribution >= 0.6 is 0 Å². The summed E-state index contributed by atoms with van der Waals surface area (Å²) in [6.45, 7) is 12.0. The second-order valence-electron chi connectivity index (χ2n) is 4.79. The van der Waals surface area contributed by atoms with E-state index < -0.39 is 11.0 Å². The predicted molar refractivity (Wildman–Crippen MR) is 60.5 cm³/mol. The van der Waals surface area contributed by atoms with Crippen molar-refractivity contribution in [2.75, 3.05) is 0 Å². The summed E-state index contributed by atoms with van der Waals surface area (Å²) in [5, 5.41) is 0. The monoisotopic (exact) mass is 203 g/mol. The van der Waals surface area contributed by atoms with Gasteiger partial charge >= 0.3 is 0 Å². The highest BCUT2D eigenvalue weighted by atomic mass is 32.2. The van der Waals surface area contributed by atoms with Gasteiger partial charge in [0, 0.05) is 5.71 Å². The van der Waals surface area contributed by atoms with Gasteiger partial charge in [-0.2, -0.15) is 4.40 Å². The molecule has 0 saturated carbocycles.